The Labute approximate surface area is 108 Å². The summed E-state index contributed by atoms with van der Waals surface area (Å²) >= 11 is 3.34. The van der Waals surface area contributed by atoms with E-state index in [1.165, 1.54) is 6.42 Å². The predicted molar refractivity (Wildman–Crippen MR) is 66.8 cm³/mol. The van der Waals surface area contributed by atoms with Crippen LogP contribution in [0.3, 0.4) is 0 Å². The summed E-state index contributed by atoms with van der Waals surface area (Å²) < 4.78 is 5.98. The van der Waals surface area contributed by atoms with Crippen molar-refractivity contribution in [3.8, 4) is 0 Å². The molecule has 1 aromatic rings. The fraction of sp³-hybridized carbons (Fsp3) is 0.583. The lowest BCUT2D eigenvalue weighted by Gasteiger charge is -2.34. The molecule has 3 heterocycles. The van der Waals surface area contributed by atoms with Gasteiger partial charge in [0, 0.05) is 19.1 Å². The van der Waals surface area contributed by atoms with Crippen molar-refractivity contribution in [2.75, 3.05) is 19.6 Å². The van der Waals surface area contributed by atoms with Gasteiger partial charge in [-0.15, -0.1) is 0 Å². The van der Waals surface area contributed by atoms with E-state index in [0.717, 1.165) is 30.5 Å². The maximum Gasteiger partial charge on any atom is 0.290 e. The third kappa shape index (κ3) is 2.02. The van der Waals surface area contributed by atoms with E-state index in [4.69, 9.17) is 4.42 Å². The molecule has 0 saturated carbocycles. The van der Waals surface area contributed by atoms with Crippen molar-refractivity contribution < 1.29 is 9.21 Å². The molecule has 5 heteroatoms. The summed E-state index contributed by atoms with van der Waals surface area (Å²) in [4.78, 5) is 14.2. The quantitative estimate of drug-likeness (QED) is 0.861. The van der Waals surface area contributed by atoms with Crippen molar-refractivity contribution >= 4 is 21.8 Å². The third-order valence-electron chi connectivity index (χ3n) is 3.75. The normalized spacial score (nSPS) is 28.2. The Bertz CT molecular complexity index is 432. The number of piperidine rings is 1. The molecule has 2 aliphatic rings. The number of hydrogen-bond acceptors (Lipinski definition) is 3. The van der Waals surface area contributed by atoms with E-state index in [0.29, 0.717) is 17.7 Å². The molecular weight excluding hydrogens is 284 g/mol. The number of carbonyl (C=O) groups is 1. The number of halogens is 1. The summed E-state index contributed by atoms with van der Waals surface area (Å²) in [6.07, 6.45) is 3.77. The first-order valence-electron chi connectivity index (χ1n) is 6.01. The van der Waals surface area contributed by atoms with Gasteiger partial charge in [0.2, 0.25) is 5.76 Å². The van der Waals surface area contributed by atoms with E-state index in [-0.39, 0.29) is 5.91 Å². The van der Waals surface area contributed by atoms with E-state index >= 15 is 0 Å². The first-order valence-corrected chi connectivity index (χ1v) is 6.80. The summed E-state index contributed by atoms with van der Waals surface area (Å²) in [6.45, 7) is 2.76. The van der Waals surface area contributed by atoms with Gasteiger partial charge in [0.25, 0.3) is 5.91 Å². The topological polar surface area (TPSA) is 45.5 Å². The Morgan fingerprint density at radius 1 is 1.53 bits per heavy atom. The highest BCUT2D eigenvalue weighted by Crippen LogP contribution is 2.27. The molecule has 1 N–H and O–H groups in total. The Kier molecular flexibility index (Phi) is 2.96. The van der Waals surface area contributed by atoms with Crippen LogP contribution in [0.1, 0.15) is 23.4 Å². The second-order valence-electron chi connectivity index (χ2n) is 4.75. The van der Waals surface area contributed by atoms with Crippen molar-refractivity contribution in [3.05, 3.63) is 22.6 Å². The standard InChI is InChI=1S/C12H15BrN2O2/c13-9-3-6-17-11(9)12(16)15-5-2-10-8(7-15)1-4-14-10/h3,6,8,10,14H,1-2,4-5,7H2. The minimum absolute atomic E-state index is 0.00669. The van der Waals surface area contributed by atoms with Crippen molar-refractivity contribution in [2.45, 2.75) is 18.9 Å². The minimum Gasteiger partial charge on any atom is -0.458 e. The smallest absolute Gasteiger partial charge is 0.290 e. The number of nitrogens with zero attached hydrogens (tertiary/aromatic N) is 1. The number of carbonyl (C=O) groups excluding carboxylic acids is 1. The second-order valence-corrected chi connectivity index (χ2v) is 5.60. The van der Waals surface area contributed by atoms with E-state index in [1.54, 1.807) is 12.3 Å². The number of likely N-dealkylation sites (tertiary alicyclic amines) is 1. The van der Waals surface area contributed by atoms with Crippen LogP contribution in [0, 0.1) is 5.92 Å². The maximum absolute atomic E-state index is 12.3. The number of rotatable bonds is 1. The van der Waals surface area contributed by atoms with Crippen LogP contribution in [0.4, 0.5) is 0 Å². The van der Waals surface area contributed by atoms with Crippen LogP contribution in [0.2, 0.25) is 0 Å². The number of nitrogens with one attached hydrogen (secondary N) is 1. The highest BCUT2D eigenvalue weighted by atomic mass is 79.9. The lowest BCUT2D eigenvalue weighted by molar-refractivity contribution is 0.0629. The van der Waals surface area contributed by atoms with Gasteiger partial charge in [-0.05, 0) is 47.3 Å². The molecule has 92 valence electrons. The molecule has 2 aliphatic heterocycles. The molecule has 3 rings (SSSR count). The van der Waals surface area contributed by atoms with Gasteiger partial charge >= 0.3 is 0 Å². The van der Waals surface area contributed by atoms with Crippen LogP contribution in [-0.2, 0) is 0 Å². The Balaban J connectivity index is 1.73. The molecule has 0 aliphatic carbocycles. The van der Waals surface area contributed by atoms with Crippen molar-refractivity contribution in [1.29, 1.82) is 0 Å². The van der Waals surface area contributed by atoms with Crippen LogP contribution in [-0.4, -0.2) is 36.5 Å². The fourth-order valence-electron chi connectivity index (χ4n) is 2.82. The molecular formula is C12H15BrN2O2. The van der Waals surface area contributed by atoms with E-state index < -0.39 is 0 Å². The van der Waals surface area contributed by atoms with Gasteiger partial charge < -0.3 is 14.6 Å². The molecule has 1 amide bonds. The van der Waals surface area contributed by atoms with Crippen molar-refractivity contribution in [3.63, 3.8) is 0 Å². The average molecular weight is 299 g/mol. The molecule has 0 aromatic carbocycles. The molecule has 0 spiro atoms. The van der Waals surface area contributed by atoms with Crippen LogP contribution in [0.25, 0.3) is 0 Å². The maximum atomic E-state index is 12.3. The largest absolute Gasteiger partial charge is 0.458 e. The predicted octanol–water partition coefficient (Wildman–Crippen LogP) is 1.87. The zero-order chi connectivity index (χ0) is 11.8. The minimum atomic E-state index is 0.00669. The lowest BCUT2D eigenvalue weighted by atomic mass is 9.93. The molecule has 4 nitrogen and oxygen atoms in total. The van der Waals surface area contributed by atoms with Crippen molar-refractivity contribution in [2.24, 2.45) is 5.92 Å². The van der Waals surface area contributed by atoms with Crippen LogP contribution in [0.5, 0.6) is 0 Å². The zero-order valence-electron chi connectivity index (χ0n) is 9.49. The second kappa shape index (κ2) is 4.46. The number of hydrogen-bond donors (Lipinski definition) is 1. The van der Waals surface area contributed by atoms with Gasteiger partial charge in [0.15, 0.2) is 0 Å². The van der Waals surface area contributed by atoms with Gasteiger partial charge in [-0.3, -0.25) is 4.79 Å². The number of amides is 1. The molecule has 2 fully saturated rings. The molecule has 2 unspecified atom stereocenters. The Morgan fingerprint density at radius 2 is 2.41 bits per heavy atom. The highest BCUT2D eigenvalue weighted by molar-refractivity contribution is 9.10. The van der Waals surface area contributed by atoms with E-state index in [9.17, 15) is 4.79 Å². The summed E-state index contributed by atoms with van der Waals surface area (Å²) in [5, 5.41) is 3.49. The highest BCUT2D eigenvalue weighted by Gasteiger charge is 2.35. The fourth-order valence-corrected chi connectivity index (χ4v) is 3.19. The number of furan rings is 1. The number of fused-ring (bicyclic) bond motifs is 1. The van der Waals surface area contributed by atoms with Crippen LogP contribution >= 0.6 is 15.9 Å². The van der Waals surface area contributed by atoms with E-state index in [2.05, 4.69) is 21.2 Å². The Morgan fingerprint density at radius 3 is 3.18 bits per heavy atom. The van der Waals surface area contributed by atoms with Gasteiger partial charge in [0.1, 0.15) is 0 Å². The molecule has 0 radical (unpaired) electrons. The van der Waals surface area contributed by atoms with Crippen LogP contribution < -0.4 is 5.32 Å². The van der Waals surface area contributed by atoms with Gasteiger partial charge in [-0.2, -0.15) is 0 Å². The first kappa shape index (κ1) is 11.3. The first-order chi connectivity index (χ1) is 8.25. The summed E-state index contributed by atoms with van der Waals surface area (Å²) in [6, 6.07) is 2.37. The lowest BCUT2D eigenvalue weighted by Crippen LogP contribution is -2.46. The summed E-state index contributed by atoms with van der Waals surface area (Å²) in [7, 11) is 0. The van der Waals surface area contributed by atoms with Crippen molar-refractivity contribution in [1.82, 2.24) is 10.2 Å². The molecule has 0 bridgehead atoms. The summed E-state index contributed by atoms with van der Waals surface area (Å²) in [5.41, 5.74) is 0. The SMILES string of the molecule is O=C(c1occc1Br)N1CCC2NCCC2C1. The zero-order valence-corrected chi connectivity index (χ0v) is 11.1. The van der Waals surface area contributed by atoms with E-state index in [1.807, 2.05) is 4.90 Å². The van der Waals surface area contributed by atoms with Gasteiger partial charge in [-0.25, -0.2) is 0 Å². The molecule has 1 aromatic heterocycles. The van der Waals surface area contributed by atoms with Gasteiger partial charge in [0.05, 0.1) is 10.7 Å². The molecule has 2 saturated heterocycles. The summed E-state index contributed by atoms with van der Waals surface area (Å²) in [5.74, 6) is 1.04. The Hall–Kier alpha value is -0.810. The average Bonchev–Trinajstić information content (AvgIpc) is 2.95. The van der Waals surface area contributed by atoms with Crippen LogP contribution in [0.15, 0.2) is 21.2 Å². The molecule has 2 atom stereocenters. The monoisotopic (exact) mass is 298 g/mol. The van der Waals surface area contributed by atoms with Gasteiger partial charge in [-0.1, -0.05) is 0 Å². The third-order valence-corrected chi connectivity index (χ3v) is 4.38. The molecule has 17 heavy (non-hydrogen) atoms.